The molecule has 0 amide bonds. The molecule has 96 valence electrons. The number of H-pyrrole nitrogens is 1. The van der Waals surface area contributed by atoms with Crippen LogP contribution in [0.3, 0.4) is 0 Å². The monoisotopic (exact) mass is 258 g/mol. The fraction of sp³-hybridized carbons (Fsp3) is 0.700. The smallest absolute Gasteiger partial charge is 0.323 e. The minimum absolute atomic E-state index is 0.575. The normalized spacial score (nSPS) is 14.5. The first-order valence-electron chi connectivity index (χ1n) is 5.55. The summed E-state index contributed by atoms with van der Waals surface area (Å²) in [7, 11) is 1.70. The molecule has 7 heteroatoms. The van der Waals surface area contributed by atoms with E-state index in [9.17, 15) is 9.90 Å². The zero-order valence-corrected chi connectivity index (χ0v) is 10.9. The quantitative estimate of drug-likeness (QED) is 0.478. The van der Waals surface area contributed by atoms with Gasteiger partial charge in [-0.3, -0.25) is 9.89 Å². The molecule has 1 aromatic rings. The molecule has 0 fully saturated rings. The number of nitrogens with one attached hydrogen (secondary N) is 2. The molecule has 0 bridgehead atoms. The van der Waals surface area contributed by atoms with Gasteiger partial charge in [-0.15, -0.1) is 0 Å². The number of rotatable bonds is 8. The van der Waals surface area contributed by atoms with Crippen LogP contribution < -0.4 is 5.32 Å². The van der Waals surface area contributed by atoms with Crippen LogP contribution in [0.5, 0.6) is 0 Å². The summed E-state index contributed by atoms with van der Waals surface area (Å²) >= 11 is 1.55. The number of aromatic nitrogens is 3. The van der Waals surface area contributed by atoms with E-state index in [1.165, 1.54) is 6.33 Å². The van der Waals surface area contributed by atoms with E-state index in [1.54, 1.807) is 18.8 Å². The maximum Gasteiger partial charge on any atom is 0.323 e. The fourth-order valence-corrected chi connectivity index (χ4v) is 2.37. The van der Waals surface area contributed by atoms with Crippen LogP contribution in [-0.2, 0) is 4.79 Å². The number of hydrogen-bond donors (Lipinski definition) is 3. The third-order valence-electron chi connectivity index (χ3n) is 2.87. The standard InChI is InChI=1S/C10H18N4O2S/c1-3-10(11-2,8(15)16)5-4-6-17-9-12-7-13-14-9/h7,11H,3-6H2,1-2H3,(H,15,16)(H,12,13,14). The molecule has 1 heterocycles. The van der Waals surface area contributed by atoms with E-state index in [1.807, 2.05) is 6.92 Å². The van der Waals surface area contributed by atoms with E-state index >= 15 is 0 Å². The molecule has 0 spiro atoms. The summed E-state index contributed by atoms with van der Waals surface area (Å²) < 4.78 is 0. The lowest BCUT2D eigenvalue weighted by molar-refractivity contribution is -0.145. The number of hydrogen-bond acceptors (Lipinski definition) is 5. The van der Waals surface area contributed by atoms with E-state index < -0.39 is 11.5 Å². The Hall–Kier alpha value is -1.08. The first kappa shape index (κ1) is 14.0. The van der Waals surface area contributed by atoms with Gasteiger partial charge in [-0.25, -0.2) is 4.98 Å². The maximum absolute atomic E-state index is 11.2. The highest BCUT2D eigenvalue weighted by atomic mass is 32.2. The van der Waals surface area contributed by atoms with E-state index in [-0.39, 0.29) is 0 Å². The molecular weight excluding hydrogens is 240 g/mol. The van der Waals surface area contributed by atoms with Crippen LogP contribution in [0, 0.1) is 0 Å². The maximum atomic E-state index is 11.2. The van der Waals surface area contributed by atoms with Crippen molar-refractivity contribution in [2.75, 3.05) is 12.8 Å². The predicted octanol–water partition coefficient (Wildman–Crippen LogP) is 1.13. The second kappa shape index (κ2) is 6.61. The van der Waals surface area contributed by atoms with Gasteiger partial charge in [0.1, 0.15) is 11.9 Å². The largest absolute Gasteiger partial charge is 0.480 e. The molecule has 1 unspecified atom stereocenters. The van der Waals surface area contributed by atoms with Crippen molar-refractivity contribution < 1.29 is 9.90 Å². The molecule has 1 atom stereocenters. The Balaban J connectivity index is 2.35. The van der Waals surface area contributed by atoms with Gasteiger partial charge in [0.15, 0.2) is 5.16 Å². The zero-order valence-electron chi connectivity index (χ0n) is 10.1. The first-order valence-corrected chi connectivity index (χ1v) is 6.53. The van der Waals surface area contributed by atoms with Gasteiger partial charge < -0.3 is 10.4 Å². The van der Waals surface area contributed by atoms with Gasteiger partial charge in [0, 0.05) is 5.75 Å². The average Bonchev–Trinajstić information content (AvgIpc) is 2.82. The van der Waals surface area contributed by atoms with Crippen LogP contribution in [0.1, 0.15) is 26.2 Å². The molecule has 0 radical (unpaired) electrons. The van der Waals surface area contributed by atoms with Crippen LogP contribution in [0.15, 0.2) is 11.5 Å². The number of nitrogens with zero attached hydrogens (tertiary/aromatic N) is 2. The molecule has 17 heavy (non-hydrogen) atoms. The van der Waals surface area contributed by atoms with Crippen LogP contribution in [0.25, 0.3) is 0 Å². The summed E-state index contributed by atoms with van der Waals surface area (Å²) in [4.78, 5) is 15.2. The van der Waals surface area contributed by atoms with E-state index in [2.05, 4.69) is 20.5 Å². The summed E-state index contributed by atoms with van der Waals surface area (Å²) in [5.74, 6) is 0.0403. The Morgan fingerprint density at radius 3 is 2.94 bits per heavy atom. The summed E-state index contributed by atoms with van der Waals surface area (Å²) in [5.41, 5.74) is -0.804. The average molecular weight is 258 g/mol. The van der Waals surface area contributed by atoms with Gasteiger partial charge in [-0.2, -0.15) is 5.10 Å². The Labute approximate surface area is 105 Å². The molecule has 0 aliphatic heterocycles. The summed E-state index contributed by atoms with van der Waals surface area (Å²) in [6, 6.07) is 0. The van der Waals surface area contributed by atoms with E-state index in [4.69, 9.17) is 0 Å². The molecular formula is C10H18N4O2S. The number of carboxylic acid groups (broad SMARTS) is 1. The topological polar surface area (TPSA) is 90.9 Å². The molecule has 3 N–H and O–H groups in total. The lowest BCUT2D eigenvalue weighted by atomic mass is 9.91. The lowest BCUT2D eigenvalue weighted by Gasteiger charge is -2.27. The Bertz CT molecular complexity index is 338. The molecule has 1 aromatic heterocycles. The number of carboxylic acids is 1. The summed E-state index contributed by atoms with van der Waals surface area (Å²) in [6.45, 7) is 1.88. The van der Waals surface area contributed by atoms with Crippen molar-refractivity contribution in [3.8, 4) is 0 Å². The van der Waals surface area contributed by atoms with Gasteiger partial charge in [0.2, 0.25) is 0 Å². The predicted molar refractivity (Wildman–Crippen MR) is 66.1 cm³/mol. The van der Waals surface area contributed by atoms with Crippen molar-refractivity contribution in [3.63, 3.8) is 0 Å². The van der Waals surface area contributed by atoms with Crippen LogP contribution in [0.2, 0.25) is 0 Å². The van der Waals surface area contributed by atoms with Crippen molar-refractivity contribution in [1.82, 2.24) is 20.5 Å². The van der Waals surface area contributed by atoms with Crippen molar-refractivity contribution in [2.45, 2.75) is 36.9 Å². The van der Waals surface area contributed by atoms with Gasteiger partial charge in [0.05, 0.1) is 0 Å². The van der Waals surface area contributed by atoms with Crippen LogP contribution in [-0.4, -0.2) is 44.6 Å². The highest BCUT2D eigenvalue weighted by molar-refractivity contribution is 7.99. The highest BCUT2D eigenvalue weighted by Gasteiger charge is 2.33. The Morgan fingerprint density at radius 2 is 2.47 bits per heavy atom. The molecule has 0 saturated carbocycles. The summed E-state index contributed by atoms with van der Waals surface area (Å²) in [6.07, 6.45) is 3.46. The summed E-state index contributed by atoms with van der Waals surface area (Å²) in [5, 5.41) is 19.4. The Morgan fingerprint density at radius 1 is 1.71 bits per heavy atom. The minimum atomic E-state index is -0.804. The van der Waals surface area contributed by atoms with Gasteiger partial charge >= 0.3 is 5.97 Å². The number of thioether (sulfide) groups is 1. The second-order valence-electron chi connectivity index (χ2n) is 3.73. The second-order valence-corrected chi connectivity index (χ2v) is 4.82. The van der Waals surface area contributed by atoms with Crippen LogP contribution in [0.4, 0.5) is 0 Å². The van der Waals surface area contributed by atoms with E-state index in [0.717, 1.165) is 17.3 Å². The van der Waals surface area contributed by atoms with E-state index in [0.29, 0.717) is 12.8 Å². The van der Waals surface area contributed by atoms with Crippen molar-refractivity contribution in [2.24, 2.45) is 0 Å². The SMILES string of the molecule is CCC(CCCSc1ncn[nH]1)(NC)C(=O)O. The van der Waals surface area contributed by atoms with Gasteiger partial charge in [-0.1, -0.05) is 18.7 Å². The molecule has 0 aliphatic carbocycles. The third kappa shape index (κ3) is 3.71. The van der Waals surface area contributed by atoms with Crippen molar-refractivity contribution >= 4 is 17.7 Å². The first-order chi connectivity index (χ1) is 8.14. The molecule has 1 rings (SSSR count). The fourth-order valence-electron chi connectivity index (χ4n) is 1.65. The zero-order chi connectivity index (χ0) is 12.7. The molecule has 0 saturated heterocycles. The highest BCUT2D eigenvalue weighted by Crippen LogP contribution is 2.21. The molecule has 0 aliphatic rings. The number of aliphatic carboxylic acids is 1. The molecule has 6 nitrogen and oxygen atoms in total. The van der Waals surface area contributed by atoms with Gasteiger partial charge in [0.25, 0.3) is 0 Å². The third-order valence-corrected chi connectivity index (χ3v) is 3.83. The van der Waals surface area contributed by atoms with Gasteiger partial charge in [-0.05, 0) is 26.3 Å². The minimum Gasteiger partial charge on any atom is -0.480 e. The number of likely N-dealkylation sites (N-methyl/N-ethyl adjacent to an activating group) is 1. The number of carbonyl (C=O) groups is 1. The van der Waals surface area contributed by atoms with Crippen molar-refractivity contribution in [3.05, 3.63) is 6.33 Å². The molecule has 0 aromatic carbocycles. The number of aromatic amines is 1. The van der Waals surface area contributed by atoms with Crippen molar-refractivity contribution in [1.29, 1.82) is 0 Å². The lowest BCUT2D eigenvalue weighted by Crippen LogP contribution is -2.49. The Kier molecular flexibility index (Phi) is 5.43. The van der Waals surface area contributed by atoms with Crippen LogP contribution >= 0.6 is 11.8 Å².